The molecule has 0 aliphatic carbocycles. The van der Waals surface area contributed by atoms with Crippen LogP contribution in [-0.4, -0.2) is 51.6 Å². The fourth-order valence-corrected chi connectivity index (χ4v) is 3.61. The predicted octanol–water partition coefficient (Wildman–Crippen LogP) is 2.77. The normalized spacial score (nSPS) is 15.4. The minimum atomic E-state index is -1.13. The Hall–Kier alpha value is -3.41. The van der Waals surface area contributed by atoms with Gasteiger partial charge in [0.05, 0.1) is 28.5 Å². The number of nitrogens with zero attached hydrogens (tertiary/aromatic N) is 4. The molecule has 1 atom stereocenters. The molecule has 3 heterocycles. The largest absolute Gasteiger partial charge is 0.487 e. The van der Waals surface area contributed by atoms with Crippen molar-refractivity contribution in [3.05, 3.63) is 63.7 Å². The summed E-state index contributed by atoms with van der Waals surface area (Å²) in [6.07, 6.45) is 2.42. The molecule has 2 amide bonds. The van der Waals surface area contributed by atoms with E-state index in [1.54, 1.807) is 0 Å². The number of fused-ring (bicyclic) bond motifs is 1. The minimum absolute atomic E-state index is 0.113. The fourth-order valence-electron chi connectivity index (χ4n) is 3.27. The number of amides is 2. The van der Waals surface area contributed by atoms with Crippen LogP contribution in [0, 0.1) is 11.6 Å². The van der Waals surface area contributed by atoms with Crippen molar-refractivity contribution in [1.29, 1.82) is 0 Å². The van der Waals surface area contributed by atoms with Crippen LogP contribution in [0.15, 0.2) is 30.6 Å². The number of aliphatic hydroxyl groups is 1. The SMILES string of the molecule is CN1C(=O)[C@@H](NC(=O)c2ncc(Cl)c(-c3ccc(F)c(CO)c3F)n2)COc2cc(Cl)cnc21. The number of hydrogen-bond donors (Lipinski definition) is 2. The second-order valence-corrected chi connectivity index (χ2v) is 7.99. The third-order valence-electron chi connectivity index (χ3n) is 5.00. The lowest BCUT2D eigenvalue weighted by Crippen LogP contribution is -2.49. The Morgan fingerprint density at radius 1 is 1.29 bits per heavy atom. The van der Waals surface area contributed by atoms with Crippen LogP contribution in [0.4, 0.5) is 14.6 Å². The van der Waals surface area contributed by atoms with Crippen LogP contribution in [0.2, 0.25) is 10.0 Å². The topological polar surface area (TPSA) is 118 Å². The maximum Gasteiger partial charge on any atom is 0.289 e. The first kappa shape index (κ1) is 23.7. The fraction of sp³-hybridized carbons (Fsp3) is 0.190. The number of aromatic nitrogens is 3. The average molecular weight is 510 g/mol. The highest BCUT2D eigenvalue weighted by atomic mass is 35.5. The number of aliphatic hydroxyl groups excluding tert-OH is 1. The molecule has 1 aliphatic rings. The molecule has 0 saturated carbocycles. The number of benzene rings is 1. The highest BCUT2D eigenvalue weighted by Gasteiger charge is 2.32. The number of anilines is 1. The van der Waals surface area contributed by atoms with Crippen molar-refractivity contribution in [2.45, 2.75) is 12.6 Å². The standard InChI is InChI=1S/C21H15Cl2F2N5O4/c1-30-19-15(4-9(22)5-27-19)34-8-14(21(30)33)28-20(32)18-26-6-12(23)17(29-18)10-2-3-13(24)11(7-31)16(10)25/h2-6,14,31H,7-8H2,1H3,(H,28,32)/t14-/m0/s1. The van der Waals surface area contributed by atoms with Gasteiger partial charge >= 0.3 is 0 Å². The molecule has 0 spiro atoms. The Morgan fingerprint density at radius 2 is 2.06 bits per heavy atom. The first-order valence-electron chi connectivity index (χ1n) is 9.68. The molecular weight excluding hydrogens is 495 g/mol. The Kier molecular flexibility index (Phi) is 6.60. The van der Waals surface area contributed by atoms with Crippen LogP contribution in [0.25, 0.3) is 11.3 Å². The van der Waals surface area contributed by atoms with E-state index in [0.717, 1.165) is 18.3 Å². The Bertz CT molecular complexity index is 1310. The molecule has 176 valence electrons. The zero-order valence-corrected chi connectivity index (χ0v) is 18.9. The summed E-state index contributed by atoms with van der Waals surface area (Å²) in [5, 5.41) is 11.9. The van der Waals surface area contributed by atoms with E-state index < -0.39 is 47.5 Å². The quantitative estimate of drug-likeness (QED) is 0.555. The predicted molar refractivity (Wildman–Crippen MR) is 118 cm³/mol. The van der Waals surface area contributed by atoms with Crippen molar-refractivity contribution in [3.63, 3.8) is 0 Å². The maximum atomic E-state index is 14.7. The molecular formula is C21H15Cl2F2N5O4. The summed E-state index contributed by atoms with van der Waals surface area (Å²) in [4.78, 5) is 38.8. The molecule has 34 heavy (non-hydrogen) atoms. The van der Waals surface area contributed by atoms with Gasteiger partial charge in [-0.2, -0.15) is 0 Å². The number of ether oxygens (including phenoxy) is 1. The molecule has 2 aromatic heterocycles. The van der Waals surface area contributed by atoms with Gasteiger partial charge < -0.3 is 15.2 Å². The van der Waals surface area contributed by atoms with E-state index in [-0.39, 0.29) is 34.5 Å². The molecule has 1 aliphatic heterocycles. The van der Waals surface area contributed by atoms with E-state index in [0.29, 0.717) is 5.02 Å². The van der Waals surface area contributed by atoms with Crippen molar-refractivity contribution in [1.82, 2.24) is 20.3 Å². The van der Waals surface area contributed by atoms with Crippen molar-refractivity contribution in [2.75, 3.05) is 18.6 Å². The monoisotopic (exact) mass is 509 g/mol. The van der Waals surface area contributed by atoms with E-state index >= 15 is 0 Å². The summed E-state index contributed by atoms with van der Waals surface area (Å²) in [5.41, 5.74) is -1.00. The zero-order valence-electron chi connectivity index (χ0n) is 17.4. The molecule has 9 nitrogen and oxygen atoms in total. The van der Waals surface area contributed by atoms with Gasteiger partial charge in [-0.1, -0.05) is 23.2 Å². The lowest BCUT2D eigenvalue weighted by molar-refractivity contribution is -0.120. The number of halogens is 4. The number of pyridine rings is 1. The van der Waals surface area contributed by atoms with E-state index in [2.05, 4.69) is 20.3 Å². The van der Waals surface area contributed by atoms with Gasteiger partial charge in [0.15, 0.2) is 11.6 Å². The van der Waals surface area contributed by atoms with Gasteiger partial charge in [-0.15, -0.1) is 0 Å². The third-order valence-corrected chi connectivity index (χ3v) is 5.49. The van der Waals surface area contributed by atoms with Crippen LogP contribution in [0.5, 0.6) is 5.75 Å². The van der Waals surface area contributed by atoms with E-state index in [1.165, 1.54) is 24.2 Å². The maximum absolute atomic E-state index is 14.7. The highest BCUT2D eigenvalue weighted by molar-refractivity contribution is 6.33. The van der Waals surface area contributed by atoms with E-state index in [9.17, 15) is 23.5 Å². The molecule has 4 rings (SSSR count). The van der Waals surface area contributed by atoms with Crippen LogP contribution < -0.4 is 15.0 Å². The van der Waals surface area contributed by atoms with Crippen LogP contribution in [-0.2, 0) is 11.4 Å². The van der Waals surface area contributed by atoms with Crippen molar-refractivity contribution < 1.29 is 28.2 Å². The Balaban J connectivity index is 1.61. The van der Waals surface area contributed by atoms with Crippen molar-refractivity contribution in [2.24, 2.45) is 0 Å². The molecule has 0 saturated heterocycles. The van der Waals surface area contributed by atoms with Gasteiger partial charge in [-0.25, -0.2) is 23.7 Å². The van der Waals surface area contributed by atoms with Crippen molar-refractivity contribution in [3.8, 4) is 17.0 Å². The number of carbonyl (C=O) groups excluding carboxylic acids is 2. The lowest BCUT2D eigenvalue weighted by atomic mass is 10.1. The smallest absolute Gasteiger partial charge is 0.289 e. The summed E-state index contributed by atoms with van der Waals surface area (Å²) in [6, 6.07) is 2.38. The van der Waals surface area contributed by atoms with E-state index in [1.807, 2.05) is 0 Å². The zero-order chi connectivity index (χ0) is 24.6. The molecule has 0 bridgehead atoms. The number of rotatable bonds is 4. The second kappa shape index (κ2) is 9.45. The molecule has 0 unspecified atom stereocenters. The molecule has 2 N–H and O–H groups in total. The van der Waals surface area contributed by atoms with Gasteiger partial charge in [0.2, 0.25) is 5.82 Å². The number of carbonyl (C=O) groups is 2. The number of nitrogens with one attached hydrogen (secondary N) is 1. The van der Waals surface area contributed by atoms with Gasteiger partial charge in [-0.05, 0) is 12.1 Å². The lowest BCUT2D eigenvalue weighted by Gasteiger charge is -2.19. The van der Waals surface area contributed by atoms with Crippen molar-refractivity contribution >= 4 is 40.8 Å². The van der Waals surface area contributed by atoms with Crippen LogP contribution in [0.1, 0.15) is 16.2 Å². The number of hydrogen-bond acceptors (Lipinski definition) is 7. The molecule has 13 heteroatoms. The Labute approximate surface area is 201 Å². The highest BCUT2D eigenvalue weighted by Crippen LogP contribution is 2.32. The first-order chi connectivity index (χ1) is 16.2. The van der Waals surface area contributed by atoms with Crippen LogP contribution >= 0.6 is 23.2 Å². The molecule has 1 aromatic carbocycles. The van der Waals surface area contributed by atoms with Crippen LogP contribution in [0.3, 0.4) is 0 Å². The third kappa shape index (κ3) is 4.37. The molecule has 0 fully saturated rings. The Morgan fingerprint density at radius 3 is 2.79 bits per heavy atom. The van der Waals surface area contributed by atoms with Gasteiger partial charge in [0, 0.05) is 30.4 Å². The summed E-state index contributed by atoms with van der Waals surface area (Å²) in [7, 11) is 1.46. The van der Waals surface area contributed by atoms with E-state index in [4.69, 9.17) is 27.9 Å². The van der Waals surface area contributed by atoms with Gasteiger partial charge in [-0.3, -0.25) is 14.5 Å². The molecule has 0 radical (unpaired) electrons. The summed E-state index contributed by atoms with van der Waals surface area (Å²) >= 11 is 12.0. The number of likely N-dealkylation sites (N-methyl/N-ethyl adjacent to an activating group) is 1. The molecule has 3 aromatic rings. The second-order valence-electron chi connectivity index (χ2n) is 7.15. The minimum Gasteiger partial charge on any atom is -0.487 e. The summed E-state index contributed by atoms with van der Waals surface area (Å²) < 4.78 is 34.0. The van der Waals surface area contributed by atoms with Gasteiger partial charge in [0.1, 0.15) is 24.3 Å². The summed E-state index contributed by atoms with van der Waals surface area (Å²) in [5.74, 6) is -3.35. The summed E-state index contributed by atoms with van der Waals surface area (Å²) in [6.45, 7) is -1.11. The average Bonchev–Trinajstić information content (AvgIpc) is 2.92. The first-order valence-corrected chi connectivity index (χ1v) is 10.4. The van der Waals surface area contributed by atoms with Gasteiger partial charge in [0.25, 0.3) is 11.8 Å².